The minimum absolute atomic E-state index is 0.0182. The lowest BCUT2D eigenvalue weighted by molar-refractivity contribution is -0.130. The Kier molecular flexibility index (Phi) is 9.50. The molecular weight excluding hydrogens is 631 g/mol. The lowest BCUT2D eigenvalue weighted by atomic mass is 10.0. The normalized spacial score (nSPS) is 14.3. The summed E-state index contributed by atoms with van der Waals surface area (Å²) in [6.07, 6.45) is 0.497. The summed E-state index contributed by atoms with van der Waals surface area (Å²) in [5.41, 5.74) is 2.16. The van der Waals surface area contributed by atoms with Crippen molar-refractivity contribution in [1.29, 1.82) is 0 Å². The molecule has 9 nitrogen and oxygen atoms in total. The van der Waals surface area contributed by atoms with Crippen LogP contribution in [0, 0.1) is 11.6 Å². The lowest BCUT2D eigenvalue weighted by Crippen LogP contribution is -2.28. The van der Waals surface area contributed by atoms with Gasteiger partial charge in [0.1, 0.15) is 17.4 Å². The molecule has 3 aromatic carbocycles. The van der Waals surface area contributed by atoms with Gasteiger partial charge in [0.2, 0.25) is 0 Å². The number of hydrogen-bond acceptors (Lipinski definition) is 8. The van der Waals surface area contributed by atoms with Gasteiger partial charge in [-0.15, -0.1) is 21.5 Å². The smallest absolute Gasteiger partial charge is 0.254 e. The summed E-state index contributed by atoms with van der Waals surface area (Å²) in [4.78, 5) is 27.4. The molecule has 2 amide bonds. The van der Waals surface area contributed by atoms with Crippen molar-refractivity contribution in [3.8, 4) is 11.4 Å². The Labute approximate surface area is 271 Å². The van der Waals surface area contributed by atoms with Crippen LogP contribution in [-0.2, 0) is 11.3 Å². The number of hydrogen-bond donors (Lipinski definition) is 1. The van der Waals surface area contributed by atoms with Gasteiger partial charge in [-0.3, -0.25) is 14.2 Å². The second kappa shape index (κ2) is 14.0. The topological polar surface area (TPSA) is 102 Å². The van der Waals surface area contributed by atoms with Gasteiger partial charge in [0.05, 0.1) is 41.1 Å². The fourth-order valence-corrected chi connectivity index (χ4v) is 6.54. The van der Waals surface area contributed by atoms with Crippen LogP contribution >= 0.6 is 23.1 Å². The number of thiophene rings is 1. The molecule has 3 heterocycles. The van der Waals surface area contributed by atoms with Gasteiger partial charge in [0.15, 0.2) is 11.0 Å². The first kappa shape index (κ1) is 31.1. The average Bonchev–Trinajstić information content (AvgIpc) is 3.84. The molecule has 6 rings (SSSR count). The molecule has 0 radical (unpaired) electrons. The summed E-state index contributed by atoms with van der Waals surface area (Å²) in [6.45, 7) is 2.36. The zero-order chi connectivity index (χ0) is 32.0. The third-order valence-electron chi connectivity index (χ3n) is 7.18. The molecule has 0 fully saturated rings. The van der Waals surface area contributed by atoms with Crippen molar-refractivity contribution in [2.24, 2.45) is 5.10 Å². The number of aromatic nitrogens is 3. The van der Waals surface area contributed by atoms with E-state index in [9.17, 15) is 18.4 Å². The number of hydrazone groups is 1. The van der Waals surface area contributed by atoms with Gasteiger partial charge in [-0.2, -0.15) is 5.10 Å². The molecule has 0 saturated heterocycles. The van der Waals surface area contributed by atoms with Gasteiger partial charge in [0.25, 0.3) is 11.8 Å². The second-order valence-corrected chi connectivity index (χ2v) is 12.0. The number of ether oxygens (including phenoxy) is 1. The first-order valence-electron chi connectivity index (χ1n) is 14.4. The van der Waals surface area contributed by atoms with E-state index in [1.54, 1.807) is 46.2 Å². The van der Waals surface area contributed by atoms with Crippen LogP contribution in [0.3, 0.4) is 0 Å². The highest BCUT2D eigenvalue weighted by molar-refractivity contribution is 7.99. The molecule has 5 aromatic rings. The summed E-state index contributed by atoms with van der Waals surface area (Å²) in [6, 6.07) is 22.6. The van der Waals surface area contributed by atoms with Crippen molar-refractivity contribution < 1.29 is 23.1 Å². The molecule has 0 spiro atoms. The van der Waals surface area contributed by atoms with Crippen LogP contribution in [0.4, 0.5) is 8.78 Å². The van der Waals surface area contributed by atoms with E-state index < -0.39 is 11.7 Å². The van der Waals surface area contributed by atoms with Crippen molar-refractivity contribution in [3.63, 3.8) is 0 Å². The highest BCUT2D eigenvalue weighted by Crippen LogP contribution is 2.35. The third kappa shape index (κ3) is 6.85. The minimum atomic E-state index is -0.631. The predicted molar refractivity (Wildman–Crippen MR) is 172 cm³/mol. The predicted octanol–water partition coefficient (Wildman–Crippen LogP) is 6.41. The monoisotopic (exact) mass is 658 g/mol. The van der Waals surface area contributed by atoms with E-state index in [4.69, 9.17) is 4.74 Å². The molecule has 1 N–H and O–H groups in total. The fourth-order valence-electron chi connectivity index (χ4n) is 4.99. The highest BCUT2D eigenvalue weighted by atomic mass is 32.2. The Morgan fingerprint density at radius 3 is 2.50 bits per heavy atom. The van der Waals surface area contributed by atoms with Crippen LogP contribution < -0.4 is 10.1 Å². The molecule has 1 aliphatic rings. The third-order valence-corrected chi connectivity index (χ3v) is 9.02. The van der Waals surface area contributed by atoms with Gasteiger partial charge in [-0.05, 0) is 72.5 Å². The van der Waals surface area contributed by atoms with E-state index >= 15 is 0 Å². The lowest BCUT2D eigenvalue weighted by Gasteiger charge is -2.22. The summed E-state index contributed by atoms with van der Waals surface area (Å²) in [7, 11) is 0. The Morgan fingerprint density at radius 2 is 1.78 bits per heavy atom. The molecule has 0 aliphatic carbocycles. The molecular formula is C33H28F2N6O3S2. The first-order chi connectivity index (χ1) is 22.4. The Balaban J connectivity index is 1.24. The summed E-state index contributed by atoms with van der Waals surface area (Å²) < 4.78 is 35.2. The molecule has 46 heavy (non-hydrogen) atoms. The summed E-state index contributed by atoms with van der Waals surface area (Å²) in [5.74, 6) is -0.802. The van der Waals surface area contributed by atoms with Crippen molar-refractivity contribution in [2.45, 2.75) is 31.1 Å². The Morgan fingerprint density at radius 1 is 1.00 bits per heavy atom. The number of carbonyl (C=O) groups is 2. The number of halogens is 2. The summed E-state index contributed by atoms with van der Waals surface area (Å²) >= 11 is 2.71. The van der Waals surface area contributed by atoms with Crippen molar-refractivity contribution >= 4 is 40.6 Å². The van der Waals surface area contributed by atoms with Crippen molar-refractivity contribution in [2.75, 3.05) is 12.4 Å². The Bertz CT molecular complexity index is 1860. The maximum atomic E-state index is 14.2. The van der Waals surface area contributed by atoms with Crippen LogP contribution in [-0.4, -0.2) is 49.7 Å². The molecule has 2 aromatic heterocycles. The molecule has 1 aliphatic heterocycles. The van der Waals surface area contributed by atoms with Crippen molar-refractivity contribution in [1.82, 2.24) is 25.1 Å². The number of amides is 2. The summed E-state index contributed by atoms with van der Waals surface area (Å²) in [5, 5.41) is 19.9. The van der Waals surface area contributed by atoms with E-state index in [0.29, 0.717) is 35.4 Å². The van der Waals surface area contributed by atoms with E-state index in [0.717, 1.165) is 16.2 Å². The number of carbonyl (C=O) groups excluding carboxylic acids is 2. The second-order valence-electron chi connectivity index (χ2n) is 10.1. The van der Waals surface area contributed by atoms with Crippen LogP contribution in [0.25, 0.3) is 5.69 Å². The maximum absolute atomic E-state index is 14.2. The largest absolute Gasteiger partial charge is 0.494 e. The zero-order valence-electron chi connectivity index (χ0n) is 24.6. The average molecular weight is 659 g/mol. The Hall–Kier alpha value is -4.88. The van der Waals surface area contributed by atoms with Gasteiger partial charge in [-0.1, -0.05) is 42.1 Å². The number of nitrogens with one attached hydrogen (secondary N) is 1. The zero-order valence-corrected chi connectivity index (χ0v) is 26.2. The highest BCUT2D eigenvalue weighted by Gasteiger charge is 2.33. The van der Waals surface area contributed by atoms with E-state index in [1.807, 2.05) is 36.6 Å². The maximum Gasteiger partial charge on any atom is 0.254 e. The number of nitrogens with zero attached hydrogens (tertiary/aromatic N) is 5. The van der Waals surface area contributed by atoms with Crippen LogP contribution in [0.1, 0.15) is 46.0 Å². The van der Waals surface area contributed by atoms with Crippen LogP contribution in [0.2, 0.25) is 0 Å². The van der Waals surface area contributed by atoms with Gasteiger partial charge >= 0.3 is 0 Å². The molecule has 1 atom stereocenters. The molecule has 234 valence electrons. The van der Waals surface area contributed by atoms with Gasteiger partial charge in [0, 0.05) is 12.1 Å². The van der Waals surface area contributed by atoms with Crippen LogP contribution in [0.15, 0.2) is 101 Å². The van der Waals surface area contributed by atoms with E-state index in [-0.39, 0.29) is 35.6 Å². The number of benzene rings is 3. The molecule has 0 bridgehead atoms. The molecule has 0 unspecified atom stereocenters. The van der Waals surface area contributed by atoms with Crippen molar-refractivity contribution in [3.05, 3.63) is 124 Å². The van der Waals surface area contributed by atoms with Gasteiger partial charge < -0.3 is 10.1 Å². The minimum Gasteiger partial charge on any atom is -0.494 e. The van der Waals surface area contributed by atoms with E-state index in [2.05, 4.69) is 20.6 Å². The van der Waals surface area contributed by atoms with E-state index in [1.165, 1.54) is 47.1 Å². The standard InChI is InChI=1S/C33H28F2N6O3S2/c1-2-44-24-15-13-23(14-16-24)40-30(19-36-32(43)25-6-3-4-7-26(25)35)37-38-33(40)46-20-31(42)41-28(21-9-11-22(34)12-10-21)18-27(39-41)29-8-5-17-45-29/h3-17,28H,2,18-20H2,1H3,(H,36,43)/t28-/m0/s1. The number of thioether (sulfide) groups is 1. The first-order valence-corrected chi connectivity index (χ1v) is 16.3. The van der Waals surface area contributed by atoms with Crippen LogP contribution in [0.5, 0.6) is 5.75 Å². The molecule has 0 saturated carbocycles. The number of rotatable bonds is 11. The fraction of sp³-hybridized carbons (Fsp3) is 0.182. The molecule has 13 heteroatoms. The van der Waals surface area contributed by atoms with Gasteiger partial charge in [-0.25, -0.2) is 13.8 Å². The SMILES string of the molecule is CCOc1ccc(-n2c(CNC(=O)c3ccccc3F)nnc2SCC(=O)N2N=C(c3cccs3)C[C@H]2c2ccc(F)cc2)cc1. The quantitative estimate of drug-likeness (QED) is 0.165.